The van der Waals surface area contributed by atoms with Gasteiger partial charge in [0.2, 0.25) is 0 Å². The second-order valence-electron chi connectivity index (χ2n) is 6.63. The highest BCUT2D eigenvalue weighted by molar-refractivity contribution is 5.98. The minimum absolute atomic E-state index is 0.0107. The average molecular weight is 406 g/mol. The zero-order chi connectivity index (χ0) is 21.2. The van der Waals surface area contributed by atoms with Crippen LogP contribution in [0.3, 0.4) is 0 Å². The first-order valence-electron chi connectivity index (χ1n) is 8.75. The maximum Gasteiger partial charge on any atom is 0.387 e. The summed E-state index contributed by atoms with van der Waals surface area (Å²) in [5.74, 6) is -3.24. The SMILES string of the molecule is Cc1nn(-c2ccc(OC(F)F)cc2)cc1C(=O)Cc1cccc(C(C)(F)F)c1. The number of halogens is 4. The third kappa shape index (κ3) is 5.01. The Morgan fingerprint density at radius 3 is 2.48 bits per heavy atom. The van der Waals surface area contributed by atoms with E-state index in [4.69, 9.17) is 0 Å². The van der Waals surface area contributed by atoms with Crippen molar-refractivity contribution >= 4 is 5.78 Å². The van der Waals surface area contributed by atoms with Gasteiger partial charge in [0.1, 0.15) is 5.75 Å². The van der Waals surface area contributed by atoms with Gasteiger partial charge in [0.25, 0.3) is 5.92 Å². The number of rotatable bonds is 7. The van der Waals surface area contributed by atoms with Crippen molar-refractivity contribution in [2.75, 3.05) is 0 Å². The van der Waals surface area contributed by atoms with Crippen molar-refractivity contribution < 1.29 is 27.1 Å². The minimum Gasteiger partial charge on any atom is -0.435 e. The number of benzene rings is 2. The van der Waals surface area contributed by atoms with Gasteiger partial charge in [-0.2, -0.15) is 13.9 Å². The lowest BCUT2D eigenvalue weighted by molar-refractivity contribution is -0.0498. The van der Waals surface area contributed by atoms with Gasteiger partial charge >= 0.3 is 6.61 Å². The maximum atomic E-state index is 13.5. The molecule has 8 heteroatoms. The fraction of sp³-hybridized carbons (Fsp3) is 0.238. The molecule has 152 valence electrons. The Morgan fingerprint density at radius 2 is 1.86 bits per heavy atom. The van der Waals surface area contributed by atoms with E-state index in [0.29, 0.717) is 22.5 Å². The van der Waals surface area contributed by atoms with Crippen molar-refractivity contribution in [2.24, 2.45) is 0 Å². The van der Waals surface area contributed by atoms with Gasteiger partial charge in [-0.3, -0.25) is 4.79 Å². The summed E-state index contributed by atoms with van der Waals surface area (Å²) >= 11 is 0. The van der Waals surface area contributed by atoms with Crippen LogP contribution in [0.4, 0.5) is 17.6 Å². The van der Waals surface area contributed by atoms with Crippen LogP contribution < -0.4 is 4.74 Å². The summed E-state index contributed by atoms with van der Waals surface area (Å²) in [6.45, 7) is -0.447. The smallest absolute Gasteiger partial charge is 0.387 e. The van der Waals surface area contributed by atoms with Crippen LogP contribution in [0.2, 0.25) is 0 Å². The van der Waals surface area contributed by atoms with Gasteiger partial charge in [-0.15, -0.1) is 0 Å². The molecule has 0 bridgehead atoms. The molecule has 3 aromatic rings. The van der Waals surface area contributed by atoms with E-state index in [1.165, 1.54) is 53.3 Å². The highest BCUT2D eigenvalue weighted by Gasteiger charge is 2.24. The topological polar surface area (TPSA) is 44.1 Å². The zero-order valence-electron chi connectivity index (χ0n) is 15.7. The third-order valence-electron chi connectivity index (χ3n) is 4.32. The molecule has 0 spiro atoms. The molecule has 3 rings (SSSR count). The van der Waals surface area contributed by atoms with Gasteiger partial charge in [0.05, 0.1) is 16.9 Å². The Hall–Kier alpha value is -3.16. The molecular formula is C21H18F4N2O2. The standard InChI is InChI=1S/C21H18F4N2O2/c1-13-18(19(28)11-14-4-3-5-15(10-14)21(2,24)25)12-27(26-13)16-6-8-17(9-7-16)29-20(22)23/h3-10,12,20H,11H2,1-2H3. The number of Topliss-reactive ketones (excluding diaryl/α,β-unsaturated/α-hetero) is 1. The molecule has 1 heterocycles. The molecule has 0 amide bonds. The second kappa shape index (κ2) is 8.06. The first-order valence-corrected chi connectivity index (χ1v) is 8.75. The Labute approximate surface area is 164 Å². The summed E-state index contributed by atoms with van der Waals surface area (Å²) in [5.41, 5.74) is 1.71. The van der Waals surface area contributed by atoms with E-state index in [1.807, 2.05) is 0 Å². The summed E-state index contributed by atoms with van der Waals surface area (Å²) < 4.78 is 57.2. The lowest BCUT2D eigenvalue weighted by Gasteiger charge is -2.11. The van der Waals surface area contributed by atoms with Crippen molar-refractivity contribution in [2.45, 2.75) is 32.8 Å². The van der Waals surface area contributed by atoms with Crippen LogP contribution in [-0.4, -0.2) is 22.2 Å². The molecule has 0 saturated carbocycles. The van der Waals surface area contributed by atoms with Gasteiger partial charge in [0.15, 0.2) is 5.78 Å². The van der Waals surface area contributed by atoms with Gasteiger partial charge in [0, 0.05) is 25.1 Å². The first-order chi connectivity index (χ1) is 13.6. The predicted molar refractivity (Wildman–Crippen MR) is 99.0 cm³/mol. The lowest BCUT2D eigenvalue weighted by Crippen LogP contribution is -2.09. The normalized spacial score (nSPS) is 11.7. The van der Waals surface area contributed by atoms with Crippen molar-refractivity contribution in [3.05, 3.63) is 77.1 Å². The molecular weight excluding hydrogens is 388 g/mol. The molecule has 2 aromatic carbocycles. The van der Waals surface area contributed by atoms with E-state index in [1.54, 1.807) is 13.0 Å². The fourth-order valence-corrected chi connectivity index (χ4v) is 2.88. The van der Waals surface area contributed by atoms with Crippen LogP contribution in [0.15, 0.2) is 54.7 Å². The molecule has 0 N–H and O–H groups in total. The summed E-state index contributed by atoms with van der Waals surface area (Å²) in [5, 5.41) is 4.28. The van der Waals surface area contributed by atoms with Crippen LogP contribution >= 0.6 is 0 Å². The number of carbonyl (C=O) groups excluding carboxylic acids is 1. The number of ether oxygens (including phenoxy) is 1. The van der Waals surface area contributed by atoms with Gasteiger partial charge in [-0.1, -0.05) is 18.2 Å². The van der Waals surface area contributed by atoms with Crippen LogP contribution in [0, 0.1) is 6.92 Å². The van der Waals surface area contributed by atoms with E-state index in [-0.39, 0.29) is 23.5 Å². The molecule has 0 atom stereocenters. The number of alkyl halides is 4. The van der Waals surface area contributed by atoms with Crippen molar-refractivity contribution in [1.82, 2.24) is 9.78 Å². The molecule has 0 radical (unpaired) electrons. The summed E-state index contributed by atoms with van der Waals surface area (Å²) in [4.78, 5) is 12.7. The number of carbonyl (C=O) groups is 1. The second-order valence-corrected chi connectivity index (χ2v) is 6.63. The lowest BCUT2D eigenvalue weighted by atomic mass is 10.00. The number of aromatic nitrogens is 2. The summed E-state index contributed by atoms with van der Waals surface area (Å²) in [6, 6.07) is 11.6. The van der Waals surface area contributed by atoms with Gasteiger partial charge < -0.3 is 4.74 Å². The van der Waals surface area contributed by atoms with Crippen molar-refractivity contribution in [3.8, 4) is 11.4 Å². The summed E-state index contributed by atoms with van der Waals surface area (Å²) in [6.07, 6.45) is 1.48. The number of ketones is 1. The highest BCUT2D eigenvalue weighted by atomic mass is 19.3. The number of hydrogen-bond acceptors (Lipinski definition) is 3. The van der Waals surface area contributed by atoms with E-state index in [2.05, 4.69) is 9.84 Å². The highest BCUT2D eigenvalue weighted by Crippen LogP contribution is 2.27. The Bertz CT molecular complexity index is 1010. The van der Waals surface area contributed by atoms with Gasteiger partial charge in [-0.05, 0) is 42.8 Å². The Kier molecular flexibility index (Phi) is 5.72. The Morgan fingerprint density at radius 1 is 1.17 bits per heavy atom. The molecule has 1 aromatic heterocycles. The first kappa shape index (κ1) is 20.6. The zero-order valence-corrected chi connectivity index (χ0v) is 15.7. The van der Waals surface area contributed by atoms with Crippen LogP contribution in [0.1, 0.15) is 34.1 Å². The van der Waals surface area contributed by atoms with Crippen LogP contribution in [0.25, 0.3) is 5.69 Å². The molecule has 29 heavy (non-hydrogen) atoms. The fourth-order valence-electron chi connectivity index (χ4n) is 2.88. The molecule has 0 fully saturated rings. The molecule has 0 saturated heterocycles. The van der Waals surface area contributed by atoms with Crippen molar-refractivity contribution in [1.29, 1.82) is 0 Å². The Balaban J connectivity index is 1.79. The van der Waals surface area contributed by atoms with E-state index < -0.39 is 12.5 Å². The number of nitrogens with zero attached hydrogens (tertiary/aromatic N) is 2. The van der Waals surface area contributed by atoms with Crippen LogP contribution in [0.5, 0.6) is 5.75 Å². The molecule has 0 aliphatic rings. The monoisotopic (exact) mass is 406 g/mol. The minimum atomic E-state index is -2.99. The van der Waals surface area contributed by atoms with E-state index in [0.717, 1.165) is 6.92 Å². The molecule has 4 nitrogen and oxygen atoms in total. The average Bonchev–Trinajstić information content (AvgIpc) is 3.03. The summed E-state index contributed by atoms with van der Waals surface area (Å²) in [7, 11) is 0. The molecule has 0 unspecified atom stereocenters. The van der Waals surface area contributed by atoms with Crippen LogP contribution in [-0.2, 0) is 12.3 Å². The maximum absolute atomic E-state index is 13.5. The quantitative estimate of drug-likeness (QED) is 0.394. The number of aryl methyl sites for hydroxylation is 1. The number of hydrogen-bond donors (Lipinski definition) is 0. The van der Waals surface area contributed by atoms with Gasteiger partial charge in [-0.25, -0.2) is 13.5 Å². The molecule has 0 aliphatic heterocycles. The molecule has 0 aliphatic carbocycles. The van der Waals surface area contributed by atoms with E-state index in [9.17, 15) is 22.4 Å². The third-order valence-corrected chi connectivity index (χ3v) is 4.32. The van der Waals surface area contributed by atoms with Crippen molar-refractivity contribution in [3.63, 3.8) is 0 Å². The predicted octanol–water partition coefficient (Wildman–Crippen LogP) is 5.32. The van der Waals surface area contributed by atoms with E-state index >= 15 is 0 Å². The largest absolute Gasteiger partial charge is 0.435 e.